The molecule has 0 bridgehead atoms. The van der Waals surface area contributed by atoms with Crippen molar-refractivity contribution in [1.82, 2.24) is 0 Å². The van der Waals surface area contributed by atoms with Crippen LogP contribution in [0.2, 0.25) is 0 Å². The highest BCUT2D eigenvalue weighted by molar-refractivity contribution is 5.88. The predicted octanol–water partition coefficient (Wildman–Crippen LogP) is 7.97. The van der Waals surface area contributed by atoms with Crippen LogP contribution >= 0.6 is 0 Å². The molecule has 0 saturated carbocycles. The minimum absolute atomic E-state index is 0.0553. The second-order valence-electron chi connectivity index (χ2n) is 8.51. The SMILES string of the molecule is CC1CCC(c2cc(F)c(/C=C/c3ccc4c(F)c(C#CC(F)(F)F)c(F)cc4c3)c(F)c2)OC1. The Bertz CT molecular complexity index is 1330. The maximum atomic E-state index is 14.7. The van der Waals surface area contributed by atoms with Gasteiger partial charge in [0.15, 0.2) is 0 Å². The van der Waals surface area contributed by atoms with E-state index < -0.39 is 35.0 Å². The number of benzene rings is 3. The van der Waals surface area contributed by atoms with E-state index in [4.69, 9.17) is 4.74 Å². The molecule has 1 nitrogen and oxygen atoms in total. The van der Waals surface area contributed by atoms with Gasteiger partial charge in [0.1, 0.15) is 23.3 Å². The molecule has 35 heavy (non-hydrogen) atoms. The van der Waals surface area contributed by atoms with Crippen LogP contribution in [-0.4, -0.2) is 12.8 Å². The summed E-state index contributed by atoms with van der Waals surface area (Å²) >= 11 is 0. The zero-order valence-corrected chi connectivity index (χ0v) is 18.4. The van der Waals surface area contributed by atoms with Gasteiger partial charge in [-0.1, -0.05) is 31.1 Å². The van der Waals surface area contributed by atoms with Gasteiger partial charge in [0.2, 0.25) is 0 Å². The fraction of sp³-hybridized carbons (Fsp3) is 0.259. The maximum absolute atomic E-state index is 14.7. The Morgan fingerprint density at radius 3 is 2.26 bits per heavy atom. The van der Waals surface area contributed by atoms with Crippen LogP contribution in [0.5, 0.6) is 0 Å². The third-order valence-electron chi connectivity index (χ3n) is 5.80. The van der Waals surface area contributed by atoms with E-state index in [1.807, 2.05) is 6.92 Å². The van der Waals surface area contributed by atoms with Crippen molar-refractivity contribution in [2.24, 2.45) is 5.92 Å². The van der Waals surface area contributed by atoms with Crippen LogP contribution in [0, 0.1) is 41.0 Å². The highest BCUT2D eigenvalue weighted by Crippen LogP contribution is 2.32. The largest absolute Gasteiger partial charge is 0.458 e. The van der Waals surface area contributed by atoms with Crippen LogP contribution in [0.15, 0.2) is 36.4 Å². The van der Waals surface area contributed by atoms with Gasteiger partial charge in [-0.3, -0.25) is 0 Å². The molecule has 1 aliphatic heterocycles. The molecule has 0 aliphatic carbocycles. The van der Waals surface area contributed by atoms with Gasteiger partial charge in [0, 0.05) is 23.5 Å². The van der Waals surface area contributed by atoms with Crippen molar-refractivity contribution in [3.05, 3.63) is 81.9 Å². The molecule has 0 N–H and O–H groups in total. The number of hydrogen-bond acceptors (Lipinski definition) is 1. The molecule has 182 valence electrons. The third kappa shape index (κ3) is 5.68. The minimum atomic E-state index is -4.90. The molecule has 4 rings (SSSR count). The first kappa shape index (κ1) is 24.8. The van der Waals surface area contributed by atoms with Gasteiger partial charge in [-0.05, 0) is 65.6 Å². The molecule has 0 aromatic heterocycles. The van der Waals surface area contributed by atoms with Gasteiger partial charge < -0.3 is 4.74 Å². The quantitative estimate of drug-likeness (QED) is 0.205. The molecular formula is C27H19F7O. The van der Waals surface area contributed by atoms with Gasteiger partial charge in [-0.25, -0.2) is 17.6 Å². The molecule has 0 radical (unpaired) electrons. The van der Waals surface area contributed by atoms with E-state index in [0.717, 1.165) is 18.4 Å². The highest BCUT2D eigenvalue weighted by Gasteiger charge is 2.24. The number of halogens is 7. The van der Waals surface area contributed by atoms with Crippen molar-refractivity contribution in [3.63, 3.8) is 0 Å². The van der Waals surface area contributed by atoms with Crippen LogP contribution in [0.3, 0.4) is 0 Å². The molecule has 1 saturated heterocycles. The zero-order chi connectivity index (χ0) is 25.3. The van der Waals surface area contributed by atoms with E-state index >= 15 is 0 Å². The molecule has 8 heteroatoms. The lowest BCUT2D eigenvalue weighted by atomic mass is 9.95. The Kier molecular flexibility index (Phi) is 6.91. The van der Waals surface area contributed by atoms with E-state index in [1.165, 1.54) is 48.4 Å². The van der Waals surface area contributed by atoms with E-state index in [0.29, 0.717) is 30.1 Å². The van der Waals surface area contributed by atoms with Gasteiger partial charge in [-0.15, -0.1) is 0 Å². The van der Waals surface area contributed by atoms with Gasteiger partial charge in [-0.2, -0.15) is 13.2 Å². The average molecular weight is 492 g/mol. The molecule has 1 heterocycles. The molecule has 3 aromatic rings. The van der Waals surface area contributed by atoms with Crippen LogP contribution in [-0.2, 0) is 4.74 Å². The summed E-state index contributed by atoms with van der Waals surface area (Å²) in [5, 5.41) is -0.0850. The van der Waals surface area contributed by atoms with E-state index in [1.54, 1.807) is 0 Å². The molecule has 2 atom stereocenters. The topological polar surface area (TPSA) is 9.23 Å². The summed E-state index contributed by atoms with van der Waals surface area (Å²) in [7, 11) is 0. The predicted molar refractivity (Wildman–Crippen MR) is 119 cm³/mol. The normalized spacial score (nSPS) is 18.6. The standard InChI is InChI=1S/C27H19F7O/c1-15-2-7-25(35-14-15)18-12-22(28)20(23(29)13-18)6-4-16-3-5-19-17(10-16)11-24(30)21(26(19)31)8-9-27(32,33)34/h3-6,10-13,15,25H,2,7,14H2,1H3/b6-4+. The van der Waals surface area contributed by atoms with Crippen molar-refractivity contribution >= 4 is 22.9 Å². The number of fused-ring (bicyclic) bond motifs is 1. The first-order chi connectivity index (χ1) is 16.5. The number of alkyl halides is 3. The summed E-state index contributed by atoms with van der Waals surface area (Å²) in [6.07, 6.45) is -1.13. The Morgan fingerprint density at radius 2 is 1.63 bits per heavy atom. The van der Waals surface area contributed by atoms with E-state index in [9.17, 15) is 30.7 Å². The molecule has 2 unspecified atom stereocenters. The number of rotatable bonds is 3. The number of ether oxygens (including phenoxy) is 1. The Hall–Kier alpha value is -3.31. The number of hydrogen-bond donors (Lipinski definition) is 0. The fourth-order valence-electron chi connectivity index (χ4n) is 3.97. The summed E-state index contributed by atoms with van der Waals surface area (Å²) in [6, 6.07) is 7.30. The third-order valence-corrected chi connectivity index (χ3v) is 5.80. The molecule has 0 amide bonds. The Balaban J connectivity index is 1.61. The van der Waals surface area contributed by atoms with Crippen molar-refractivity contribution in [2.75, 3.05) is 6.61 Å². The molecule has 1 aliphatic rings. The second kappa shape index (κ2) is 9.74. The summed E-state index contributed by atoms with van der Waals surface area (Å²) in [5.74, 6) is -1.29. The smallest absolute Gasteiger partial charge is 0.373 e. The maximum Gasteiger partial charge on any atom is 0.458 e. The lowest BCUT2D eigenvalue weighted by Crippen LogP contribution is -2.18. The molecular weight excluding hydrogens is 473 g/mol. The Morgan fingerprint density at radius 1 is 0.914 bits per heavy atom. The van der Waals surface area contributed by atoms with E-state index in [-0.39, 0.29) is 22.4 Å². The zero-order valence-electron chi connectivity index (χ0n) is 18.4. The summed E-state index contributed by atoms with van der Waals surface area (Å²) < 4.78 is 101. The van der Waals surface area contributed by atoms with Crippen molar-refractivity contribution in [1.29, 1.82) is 0 Å². The van der Waals surface area contributed by atoms with Gasteiger partial charge in [0.25, 0.3) is 0 Å². The van der Waals surface area contributed by atoms with Gasteiger partial charge >= 0.3 is 6.18 Å². The van der Waals surface area contributed by atoms with Crippen molar-refractivity contribution in [2.45, 2.75) is 32.0 Å². The molecule has 0 spiro atoms. The van der Waals surface area contributed by atoms with Crippen molar-refractivity contribution in [3.8, 4) is 11.8 Å². The van der Waals surface area contributed by atoms with Crippen LogP contribution < -0.4 is 0 Å². The fourth-order valence-corrected chi connectivity index (χ4v) is 3.97. The minimum Gasteiger partial charge on any atom is -0.373 e. The van der Waals surface area contributed by atoms with Crippen LogP contribution in [0.4, 0.5) is 30.7 Å². The second-order valence-corrected chi connectivity index (χ2v) is 8.51. The van der Waals surface area contributed by atoms with Crippen LogP contribution in [0.1, 0.15) is 48.1 Å². The monoisotopic (exact) mass is 492 g/mol. The highest BCUT2D eigenvalue weighted by atomic mass is 19.4. The van der Waals surface area contributed by atoms with Crippen LogP contribution in [0.25, 0.3) is 22.9 Å². The van der Waals surface area contributed by atoms with E-state index in [2.05, 4.69) is 0 Å². The summed E-state index contributed by atoms with van der Waals surface area (Å²) in [6.45, 7) is 2.57. The molecule has 1 fully saturated rings. The van der Waals surface area contributed by atoms with Crippen molar-refractivity contribution < 1.29 is 35.5 Å². The average Bonchev–Trinajstić information content (AvgIpc) is 2.78. The first-order valence-electron chi connectivity index (χ1n) is 10.8. The van der Waals surface area contributed by atoms with Gasteiger partial charge in [0.05, 0.1) is 11.7 Å². The summed E-state index contributed by atoms with van der Waals surface area (Å²) in [4.78, 5) is 0. The lowest BCUT2D eigenvalue weighted by molar-refractivity contribution is -0.0696. The molecule has 3 aromatic carbocycles. The Labute approximate surface area is 197 Å². The first-order valence-corrected chi connectivity index (χ1v) is 10.8. The summed E-state index contributed by atoms with van der Waals surface area (Å²) in [5.41, 5.74) is -0.477. The lowest BCUT2D eigenvalue weighted by Gasteiger charge is -2.27.